The summed E-state index contributed by atoms with van der Waals surface area (Å²) in [5.41, 5.74) is -0.403. The lowest BCUT2D eigenvalue weighted by Gasteiger charge is -1.91. The van der Waals surface area contributed by atoms with Crippen LogP contribution in [0.3, 0.4) is 0 Å². The quantitative estimate of drug-likeness (QED) is 0.462. The highest BCUT2D eigenvalue weighted by Crippen LogP contribution is 1.94. The number of rotatable bonds is 0. The van der Waals surface area contributed by atoms with Gasteiger partial charge in [-0.25, -0.2) is 4.79 Å². The maximum Gasteiger partial charge on any atom is 0.510 e. The number of urea groups is 1. The SMILES string of the molecule is N#[N+]C1=C=NC(=O)NC1=O. The van der Waals surface area contributed by atoms with Crippen LogP contribution in [-0.2, 0) is 4.79 Å². The third kappa shape index (κ3) is 0.891. The Balaban J connectivity index is 3.14. The van der Waals surface area contributed by atoms with Crippen molar-refractivity contribution in [2.75, 3.05) is 0 Å². The minimum Gasteiger partial charge on any atom is -0.264 e. The summed E-state index contributed by atoms with van der Waals surface area (Å²) in [6, 6.07) is -0.808. The molecule has 10 heavy (non-hydrogen) atoms. The predicted octanol–water partition coefficient (Wildman–Crippen LogP) is -0.357. The van der Waals surface area contributed by atoms with Crippen molar-refractivity contribution in [2.24, 2.45) is 4.99 Å². The fourth-order valence-electron chi connectivity index (χ4n) is 0.407. The lowest BCUT2D eigenvalue weighted by atomic mass is 10.4. The molecule has 6 heteroatoms. The highest BCUT2D eigenvalue weighted by atomic mass is 16.2. The van der Waals surface area contributed by atoms with Crippen LogP contribution in [0, 0.1) is 5.39 Å². The molecular weight excluding hydrogens is 136 g/mol. The van der Waals surface area contributed by atoms with Crippen molar-refractivity contribution in [2.45, 2.75) is 0 Å². The summed E-state index contributed by atoms with van der Waals surface area (Å²) in [4.78, 5) is 26.3. The number of nitrogens with zero attached hydrogens (tertiary/aromatic N) is 3. The van der Waals surface area contributed by atoms with Crippen molar-refractivity contribution in [3.63, 3.8) is 0 Å². The summed E-state index contributed by atoms with van der Waals surface area (Å²) < 4.78 is 0. The maximum atomic E-state index is 10.5. The molecular formula is C4HN4O2+. The van der Waals surface area contributed by atoms with E-state index in [9.17, 15) is 9.59 Å². The Labute approximate surface area is 54.9 Å². The number of diazo groups is 1. The lowest BCUT2D eigenvalue weighted by Crippen LogP contribution is -2.31. The van der Waals surface area contributed by atoms with Crippen LogP contribution in [0.5, 0.6) is 0 Å². The molecule has 48 valence electrons. The van der Waals surface area contributed by atoms with Gasteiger partial charge in [0.15, 0.2) is 4.98 Å². The van der Waals surface area contributed by atoms with Gasteiger partial charge in [-0.05, 0) is 0 Å². The van der Waals surface area contributed by atoms with Crippen LogP contribution in [0.2, 0.25) is 0 Å². The van der Waals surface area contributed by atoms with Crippen molar-refractivity contribution >= 4 is 17.8 Å². The van der Waals surface area contributed by atoms with Gasteiger partial charge in [0.05, 0.1) is 0 Å². The molecule has 1 heterocycles. The second-order valence-electron chi connectivity index (χ2n) is 1.43. The van der Waals surface area contributed by atoms with E-state index in [1.807, 2.05) is 5.87 Å². The molecule has 1 N–H and O–H groups in total. The lowest BCUT2D eigenvalue weighted by molar-refractivity contribution is -0.116. The molecule has 0 fully saturated rings. The van der Waals surface area contributed by atoms with Crippen molar-refractivity contribution in [1.29, 1.82) is 5.39 Å². The largest absolute Gasteiger partial charge is 0.510 e. The van der Waals surface area contributed by atoms with E-state index in [1.54, 1.807) is 5.32 Å². The molecule has 0 aromatic rings. The summed E-state index contributed by atoms with van der Waals surface area (Å²) >= 11 is 0. The molecule has 0 aliphatic carbocycles. The Kier molecular flexibility index (Phi) is 1.28. The van der Waals surface area contributed by atoms with E-state index in [2.05, 4.69) is 9.97 Å². The zero-order chi connectivity index (χ0) is 7.56. The molecule has 0 saturated heterocycles. The Morgan fingerprint density at radius 2 is 2.30 bits per heavy atom. The molecule has 0 aromatic carbocycles. The standard InChI is InChI=1S/C4N4O2/c5-8-2-1-6-4(10)7-3(2)9/p+1. The first kappa shape index (κ1) is 6.13. The Hall–Kier alpha value is -1.99. The highest BCUT2D eigenvalue weighted by molar-refractivity contribution is 6.14. The molecule has 1 rings (SSSR count). The highest BCUT2D eigenvalue weighted by Gasteiger charge is 2.27. The van der Waals surface area contributed by atoms with Crippen LogP contribution in [0.25, 0.3) is 4.98 Å². The van der Waals surface area contributed by atoms with Crippen LogP contribution < -0.4 is 5.32 Å². The molecule has 0 saturated carbocycles. The molecule has 0 unspecified atom stereocenters. The van der Waals surface area contributed by atoms with Gasteiger partial charge in [0.2, 0.25) is 5.39 Å². The third-order valence-electron chi connectivity index (χ3n) is 0.799. The van der Waals surface area contributed by atoms with Gasteiger partial charge < -0.3 is 0 Å². The third-order valence-corrected chi connectivity index (χ3v) is 0.799. The first-order valence-corrected chi connectivity index (χ1v) is 2.28. The van der Waals surface area contributed by atoms with E-state index >= 15 is 0 Å². The number of carbonyl (C=O) groups excluding carboxylic acids is 2. The molecule has 0 bridgehead atoms. The second-order valence-corrected chi connectivity index (χ2v) is 1.43. The van der Waals surface area contributed by atoms with E-state index in [0.717, 1.165) is 0 Å². The van der Waals surface area contributed by atoms with E-state index in [4.69, 9.17) is 5.39 Å². The van der Waals surface area contributed by atoms with Crippen molar-refractivity contribution in [3.05, 3.63) is 10.7 Å². The van der Waals surface area contributed by atoms with Crippen molar-refractivity contribution < 1.29 is 9.59 Å². The van der Waals surface area contributed by atoms with Gasteiger partial charge in [-0.1, -0.05) is 0 Å². The fourth-order valence-corrected chi connectivity index (χ4v) is 0.407. The minimum atomic E-state index is -0.808. The van der Waals surface area contributed by atoms with Gasteiger partial charge in [-0.3, -0.25) is 10.1 Å². The van der Waals surface area contributed by atoms with Crippen LogP contribution in [0.4, 0.5) is 4.79 Å². The normalized spacial score (nSPS) is 15.7. The van der Waals surface area contributed by atoms with E-state index in [-0.39, 0.29) is 0 Å². The number of amides is 3. The summed E-state index contributed by atoms with van der Waals surface area (Å²) in [7, 11) is 0. The molecule has 3 amide bonds. The topological polar surface area (TPSA) is 86.7 Å². The zero-order valence-corrected chi connectivity index (χ0v) is 4.66. The minimum absolute atomic E-state index is 0.403. The monoisotopic (exact) mass is 137 g/mol. The van der Waals surface area contributed by atoms with Gasteiger partial charge in [0.25, 0.3) is 0 Å². The van der Waals surface area contributed by atoms with Crippen molar-refractivity contribution in [1.82, 2.24) is 5.32 Å². The number of carbonyl (C=O) groups is 2. The number of hydrogen-bond donors (Lipinski definition) is 1. The van der Waals surface area contributed by atoms with Crippen LogP contribution in [0.1, 0.15) is 0 Å². The van der Waals surface area contributed by atoms with Crippen molar-refractivity contribution in [3.8, 4) is 0 Å². The summed E-state index contributed by atoms with van der Waals surface area (Å²) in [5, 5.41) is 9.82. The number of nitrogens with one attached hydrogen (secondary N) is 1. The zero-order valence-electron chi connectivity index (χ0n) is 4.66. The Bertz CT molecular complexity index is 304. The van der Waals surface area contributed by atoms with Crippen LogP contribution in [-0.4, -0.2) is 17.8 Å². The van der Waals surface area contributed by atoms with Gasteiger partial charge in [-0.2, -0.15) is 0 Å². The first-order valence-electron chi connectivity index (χ1n) is 2.28. The van der Waals surface area contributed by atoms with Crippen LogP contribution >= 0.6 is 0 Å². The Morgan fingerprint density at radius 1 is 1.60 bits per heavy atom. The van der Waals surface area contributed by atoms with E-state index in [1.165, 1.54) is 0 Å². The number of aliphatic imine (C=N–C) groups is 1. The average molecular weight is 137 g/mol. The number of hydrogen-bond acceptors (Lipinski definition) is 3. The smallest absolute Gasteiger partial charge is 0.264 e. The van der Waals surface area contributed by atoms with Gasteiger partial charge in [0.1, 0.15) is 5.87 Å². The van der Waals surface area contributed by atoms with E-state index in [0.29, 0.717) is 0 Å². The maximum absolute atomic E-state index is 10.5. The second kappa shape index (κ2) is 2.09. The molecule has 6 nitrogen and oxygen atoms in total. The summed E-state index contributed by atoms with van der Waals surface area (Å²) in [6.45, 7) is 0. The van der Waals surface area contributed by atoms with E-state index < -0.39 is 17.6 Å². The molecule has 1 aliphatic heterocycles. The molecule has 0 spiro atoms. The fraction of sp³-hybridized carbons (Fsp3) is 0. The Morgan fingerprint density at radius 3 is 2.80 bits per heavy atom. The van der Waals surface area contributed by atoms with Gasteiger partial charge >= 0.3 is 17.6 Å². The van der Waals surface area contributed by atoms with Gasteiger partial charge in [-0.15, -0.1) is 4.99 Å². The molecule has 0 radical (unpaired) electrons. The summed E-state index contributed by atoms with van der Waals surface area (Å²) in [5.74, 6) is 1.13. The first-order chi connectivity index (χ1) is 4.74. The molecule has 0 aromatic heterocycles. The molecule has 1 aliphatic rings. The van der Waals surface area contributed by atoms with Gasteiger partial charge in [0, 0.05) is 0 Å². The number of imide groups is 1. The average Bonchev–Trinajstić information content (AvgIpc) is 1.88. The predicted molar refractivity (Wildman–Crippen MR) is 29.6 cm³/mol. The molecule has 0 atom stereocenters. The summed E-state index contributed by atoms with van der Waals surface area (Å²) in [6.07, 6.45) is 0. The van der Waals surface area contributed by atoms with Crippen LogP contribution in [0.15, 0.2) is 10.7 Å².